The van der Waals surface area contributed by atoms with Crippen molar-refractivity contribution in [3.63, 3.8) is 0 Å². The molecule has 1 amide bonds. The second kappa shape index (κ2) is 9.90. The Kier molecular flexibility index (Phi) is 7.06. The third-order valence-corrected chi connectivity index (χ3v) is 13.8. The fourth-order valence-corrected chi connectivity index (χ4v) is 7.45. The van der Waals surface area contributed by atoms with E-state index in [-0.39, 0.29) is 41.2 Å². The quantitative estimate of drug-likeness (QED) is 0.302. The molecule has 0 radical (unpaired) electrons. The minimum Gasteiger partial charge on any atom is -0.486 e. The molecule has 1 heterocycles. The van der Waals surface area contributed by atoms with Crippen molar-refractivity contribution >= 4 is 20.0 Å². The van der Waals surface area contributed by atoms with Crippen LogP contribution in [-0.2, 0) is 4.43 Å². The standard InChI is InChI=1S/C31H40FNO4Si/c1-7-25(34)23-13-19(14-24-27(18-11-9-8-10-12-18)26(17-32)36-29(23)24)30(35)33-28-21-15-20(16-22(21)28)37-38(5,6)31(2,3)4/h8-14,20-22,26-28H,7,15-17H2,1-6H3,(H,33,35)/t20?,21-,22+,26-,27+,28?/m1/s1. The van der Waals surface area contributed by atoms with Gasteiger partial charge in [0.05, 0.1) is 11.5 Å². The molecule has 2 fully saturated rings. The van der Waals surface area contributed by atoms with Gasteiger partial charge in [0.15, 0.2) is 14.1 Å². The first-order valence-corrected chi connectivity index (χ1v) is 16.8. The summed E-state index contributed by atoms with van der Waals surface area (Å²) in [5.74, 6) is 0.623. The van der Waals surface area contributed by atoms with Gasteiger partial charge in [-0.05, 0) is 60.5 Å². The molecular formula is C31H40FNO4Si. The molecule has 204 valence electrons. The predicted molar refractivity (Wildman–Crippen MR) is 149 cm³/mol. The van der Waals surface area contributed by atoms with Gasteiger partial charge in [0.25, 0.3) is 5.91 Å². The molecule has 2 saturated carbocycles. The van der Waals surface area contributed by atoms with E-state index < -0.39 is 21.1 Å². The molecule has 6 atom stereocenters. The van der Waals surface area contributed by atoms with Gasteiger partial charge in [-0.1, -0.05) is 58.0 Å². The summed E-state index contributed by atoms with van der Waals surface area (Å²) in [4.78, 5) is 26.3. The maximum atomic E-state index is 14.1. The van der Waals surface area contributed by atoms with Crippen molar-refractivity contribution in [2.24, 2.45) is 11.8 Å². The Bertz CT molecular complexity index is 1210. The van der Waals surface area contributed by atoms with Gasteiger partial charge in [-0.3, -0.25) is 9.59 Å². The second-order valence-corrected chi connectivity index (χ2v) is 17.5. The Morgan fingerprint density at radius 2 is 1.76 bits per heavy atom. The number of rotatable bonds is 8. The van der Waals surface area contributed by atoms with Crippen molar-refractivity contribution in [3.8, 4) is 5.75 Å². The molecule has 2 unspecified atom stereocenters. The Morgan fingerprint density at radius 1 is 1.11 bits per heavy atom. The highest BCUT2D eigenvalue weighted by atomic mass is 28.4. The summed E-state index contributed by atoms with van der Waals surface area (Å²) in [6.07, 6.45) is 1.78. The van der Waals surface area contributed by atoms with Crippen LogP contribution in [0.25, 0.3) is 0 Å². The first-order valence-electron chi connectivity index (χ1n) is 13.9. The van der Waals surface area contributed by atoms with Gasteiger partial charge in [-0.25, -0.2) is 4.39 Å². The summed E-state index contributed by atoms with van der Waals surface area (Å²) >= 11 is 0. The molecule has 2 aliphatic carbocycles. The lowest BCUT2D eigenvalue weighted by Crippen LogP contribution is -2.44. The van der Waals surface area contributed by atoms with E-state index in [4.69, 9.17) is 9.16 Å². The monoisotopic (exact) mass is 537 g/mol. The summed E-state index contributed by atoms with van der Waals surface area (Å²) < 4.78 is 26.7. The van der Waals surface area contributed by atoms with Crippen LogP contribution in [-0.4, -0.2) is 44.9 Å². The van der Waals surface area contributed by atoms with Crippen molar-refractivity contribution in [2.45, 2.75) is 89.3 Å². The van der Waals surface area contributed by atoms with Gasteiger partial charge < -0.3 is 14.5 Å². The Hall–Kier alpha value is -2.51. The largest absolute Gasteiger partial charge is 0.486 e. The minimum atomic E-state index is -1.82. The van der Waals surface area contributed by atoms with E-state index in [0.29, 0.717) is 34.3 Å². The molecule has 5 nitrogen and oxygen atoms in total. The maximum Gasteiger partial charge on any atom is 0.251 e. The van der Waals surface area contributed by atoms with Crippen molar-refractivity contribution in [1.29, 1.82) is 0 Å². The topological polar surface area (TPSA) is 64.6 Å². The zero-order valence-corrected chi connectivity index (χ0v) is 24.3. The number of hydrogen-bond donors (Lipinski definition) is 1. The number of alkyl halides is 1. The molecule has 1 aliphatic heterocycles. The summed E-state index contributed by atoms with van der Waals surface area (Å²) in [7, 11) is -1.82. The highest BCUT2D eigenvalue weighted by Gasteiger charge is 2.58. The normalized spacial score (nSPS) is 27.9. The number of carbonyl (C=O) groups is 2. The number of benzene rings is 2. The number of nitrogens with one attached hydrogen (secondary N) is 1. The molecule has 0 bridgehead atoms. The summed E-state index contributed by atoms with van der Waals surface area (Å²) in [6.45, 7) is 12.5. The number of hydrogen-bond acceptors (Lipinski definition) is 4. The number of ketones is 1. The fraction of sp³-hybridized carbons (Fsp3) is 0.548. The Balaban J connectivity index is 1.34. The van der Waals surface area contributed by atoms with E-state index >= 15 is 0 Å². The lowest BCUT2D eigenvalue weighted by Gasteiger charge is -2.39. The summed E-state index contributed by atoms with van der Waals surface area (Å²) in [5, 5.41) is 3.41. The lowest BCUT2D eigenvalue weighted by molar-refractivity contribution is 0.0938. The van der Waals surface area contributed by atoms with Crippen LogP contribution in [0, 0.1) is 11.8 Å². The summed E-state index contributed by atoms with van der Waals surface area (Å²) in [6, 6.07) is 13.2. The van der Waals surface area contributed by atoms with Crippen molar-refractivity contribution in [1.82, 2.24) is 5.32 Å². The Labute approximate surface area is 226 Å². The van der Waals surface area contributed by atoms with Crippen LogP contribution >= 0.6 is 0 Å². The maximum absolute atomic E-state index is 14.1. The van der Waals surface area contributed by atoms with Crippen LogP contribution in [0.5, 0.6) is 5.75 Å². The smallest absolute Gasteiger partial charge is 0.251 e. The lowest BCUT2D eigenvalue weighted by atomic mass is 9.86. The third-order valence-electron chi connectivity index (χ3n) is 9.26. The fourth-order valence-electron chi connectivity index (χ4n) is 6.07. The molecule has 7 heteroatoms. The van der Waals surface area contributed by atoms with Crippen molar-refractivity contribution < 1.29 is 23.1 Å². The number of halogens is 1. The van der Waals surface area contributed by atoms with Gasteiger partial charge in [0.1, 0.15) is 18.5 Å². The highest BCUT2D eigenvalue weighted by molar-refractivity contribution is 6.74. The first-order chi connectivity index (χ1) is 17.9. The van der Waals surface area contributed by atoms with Crippen LogP contribution in [0.3, 0.4) is 0 Å². The van der Waals surface area contributed by atoms with Gasteiger partial charge >= 0.3 is 0 Å². The van der Waals surface area contributed by atoms with Gasteiger partial charge in [0.2, 0.25) is 0 Å². The zero-order chi connectivity index (χ0) is 27.4. The predicted octanol–water partition coefficient (Wildman–Crippen LogP) is 6.67. The molecule has 0 aromatic heterocycles. The number of ether oxygens (including phenoxy) is 1. The van der Waals surface area contributed by atoms with E-state index in [1.807, 2.05) is 30.3 Å². The van der Waals surface area contributed by atoms with E-state index in [2.05, 4.69) is 39.2 Å². The number of fused-ring (bicyclic) bond motifs is 2. The van der Waals surface area contributed by atoms with E-state index in [1.165, 1.54) is 0 Å². The SMILES string of the molecule is CCC(=O)c1cc(C(=O)NC2[C@H]3CC(O[Si](C)(C)C(C)(C)C)C[C@@H]23)cc2c1O[C@H](CF)[C@H]2c1ccccc1. The van der Waals surface area contributed by atoms with Crippen LogP contribution < -0.4 is 10.1 Å². The third kappa shape index (κ3) is 4.84. The average molecular weight is 538 g/mol. The molecule has 0 saturated heterocycles. The molecule has 2 aromatic rings. The van der Waals surface area contributed by atoms with Crippen LogP contribution in [0.2, 0.25) is 18.1 Å². The van der Waals surface area contributed by atoms with Gasteiger partial charge in [0, 0.05) is 29.7 Å². The van der Waals surface area contributed by atoms with Gasteiger partial charge in [-0.15, -0.1) is 0 Å². The van der Waals surface area contributed by atoms with E-state index in [0.717, 1.165) is 18.4 Å². The minimum absolute atomic E-state index is 0.115. The second-order valence-electron chi connectivity index (χ2n) is 12.7. The zero-order valence-electron chi connectivity index (χ0n) is 23.3. The van der Waals surface area contributed by atoms with Gasteiger partial charge in [-0.2, -0.15) is 0 Å². The molecule has 1 N–H and O–H groups in total. The molecule has 2 aromatic carbocycles. The molecule has 0 spiro atoms. The van der Waals surface area contributed by atoms with Crippen LogP contribution in [0.1, 0.15) is 84.7 Å². The molecular weight excluding hydrogens is 497 g/mol. The molecule has 5 rings (SSSR count). The first kappa shape index (κ1) is 27.1. The summed E-state index contributed by atoms with van der Waals surface area (Å²) in [5.41, 5.74) is 2.42. The van der Waals surface area contributed by atoms with E-state index in [9.17, 15) is 14.0 Å². The van der Waals surface area contributed by atoms with E-state index in [1.54, 1.807) is 19.1 Å². The molecule has 38 heavy (non-hydrogen) atoms. The highest BCUT2D eigenvalue weighted by Crippen LogP contribution is 2.54. The number of amides is 1. The van der Waals surface area contributed by atoms with Crippen molar-refractivity contribution in [3.05, 3.63) is 64.7 Å². The number of Topliss-reactive ketones (excluding diaryl/α,β-unsaturated/α-hetero) is 1. The van der Waals surface area contributed by atoms with Crippen molar-refractivity contribution in [2.75, 3.05) is 6.67 Å². The molecule has 3 aliphatic rings. The average Bonchev–Trinajstić information content (AvgIpc) is 3.20. The Morgan fingerprint density at radius 3 is 2.34 bits per heavy atom. The van der Waals surface area contributed by atoms with Crippen LogP contribution in [0.15, 0.2) is 42.5 Å². The number of carbonyl (C=O) groups excluding carboxylic acids is 2. The van der Waals surface area contributed by atoms with Crippen LogP contribution in [0.4, 0.5) is 4.39 Å².